The molecule has 0 aromatic carbocycles. The molecule has 0 spiro atoms. The Morgan fingerprint density at radius 2 is 1.06 bits per heavy atom. The van der Waals surface area contributed by atoms with Crippen LogP contribution in [0.3, 0.4) is 0 Å². The summed E-state index contributed by atoms with van der Waals surface area (Å²) in [5, 5.41) is 2.07. The summed E-state index contributed by atoms with van der Waals surface area (Å²) in [5.41, 5.74) is 0.301. The third-order valence-corrected chi connectivity index (χ3v) is 3.36. The van der Waals surface area contributed by atoms with Crippen LogP contribution in [0.2, 0.25) is 0 Å². The fraction of sp³-hybridized carbons (Fsp3) is 0.467. The molecule has 0 fully saturated rings. The van der Waals surface area contributed by atoms with Crippen molar-refractivity contribution in [2.24, 2.45) is 0 Å². The van der Waals surface area contributed by atoms with E-state index in [9.17, 15) is 52.7 Å². The maximum atomic E-state index is 12.7. The van der Waals surface area contributed by atoms with Crippen LogP contribution in [-0.2, 0) is 0 Å². The van der Waals surface area contributed by atoms with Crippen LogP contribution in [0.25, 0.3) is 0 Å². The Balaban J connectivity index is 2.54. The number of ether oxygens (including phenoxy) is 2. The zero-order valence-corrected chi connectivity index (χ0v) is 16.0. The summed E-state index contributed by atoms with van der Waals surface area (Å²) in [4.78, 5) is 12.4. The van der Waals surface area contributed by atoms with Crippen molar-refractivity contribution in [3.63, 3.8) is 0 Å². The van der Waals surface area contributed by atoms with E-state index in [-0.39, 0.29) is 5.82 Å². The molecule has 0 radical (unpaired) electrons. The molecule has 19 heteroatoms. The maximum absolute atomic E-state index is 12.7. The minimum absolute atomic E-state index is 0.241. The molecule has 2 aromatic heterocycles. The van der Waals surface area contributed by atoms with Gasteiger partial charge in [0.05, 0.1) is 0 Å². The lowest BCUT2D eigenvalue weighted by atomic mass is 10.3. The van der Waals surface area contributed by atoms with Crippen LogP contribution >= 0.6 is 0 Å². The Kier molecular flexibility index (Phi) is 7.27. The van der Waals surface area contributed by atoms with Crippen molar-refractivity contribution in [3.8, 4) is 12.0 Å². The maximum Gasteiger partial charge on any atom is 0.434 e. The minimum atomic E-state index is -6.11. The van der Waals surface area contributed by atoms with E-state index in [1.807, 2.05) is 0 Å². The van der Waals surface area contributed by atoms with Gasteiger partial charge in [0.25, 0.3) is 12.2 Å². The predicted octanol–water partition coefficient (Wildman–Crippen LogP) is 5.06. The third kappa shape index (κ3) is 7.37. The Morgan fingerprint density at radius 3 is 1.41 bits per heavy atom. The van der Waals surface area contributed by atoms with Gasteiger partial charge >= 0.3 is 36.7 Å². The topological polar surface area (TPSA) is 82.1 Å². The average molecular weight is 519 g/mol. The lowest BCUT2D eigenvalue weighted by Gasteiger charge is -2.24. The number of nitrogens with zero attached hydrogens (tertiary/aromatic N) is 4. The average Bonchev–Trinajstić information content (AvgIpc) is 2.60. The van der Waals surface area contributed by atoms with Gasteiger partial charge in [-0.2, -0.15) is 62.7 Å². The quantitative estimate of drug-likeness (QED) is 0.535. The fourth-order valence-electron chi connectivity index (χ4n) is 2.08. The minimum Gasteiger partial charge on any atom is -0.440 e. The number of aryl methyl sites for hydroxylation is 1. The smallest absolute Gasteiger partial charge is 0.434 e. The van der Waals surface area contributed by atoms with Gasteiger partial charge in [0.2, 0.25) is 5.95 Å². The van der Waals surface area contributed by atoms with Crippen LogP contribution < -0.4 is 14.8 Å². The Bertz CT molecular complexity index is 909. The molecule has 0 saturated carbocycles. The van der Waals surface area contributed by atoms with Crippen molar-refractivity contribution in [2.75, 3.05) is 5.32 Å². The summed E-state index contributed by atoms with van der Waals surface area (Å²) in [7, 11) is 0. The van der Waals surface area contributed by atoms with Crippen molar-refractivity contribution in [1.82, 2.24) is 19.9 Å². The second-order valence-corrected chi connectivity index (χ2v) is 6.18. The van der Waals surface area contributed by atoms with Crippen LogP contribution in [-0.4, -0.2) is 56.8 Å². The van der Waals surface area contributed by atoms with Gasteiger partial charge in [-0.3, -0.25) is 0 Å². The molecule has 7 nitrogen and oxygen atoms in total. The second-order valence-electron chi connectivity index (χ2n) is 6.18. The van der Waals surface area contributed by atoms with Crippen LogP contribution in [0.1, 0.15) is 5.69 Å². The Hall–Kier alpha value is -3.28. The van der Waals surface area contributed by atoms with Crippen LogP contribution in [0.5, 0.6) is 12.0 Å². The van der Waals surface area contributed by atoms with E-state index >= 15 is 0 Å². The predicted molar refractivity (Wildman–Crippen MR) is 85.1 cm³/mol. The first-order valence-corrected chi connectivity index (χ1v) is 8.34. The Morgan fingerprint density at radius 1 is 0.647 bits per heavy atom. The van der Waals surface area contributed by atoms with Crippen molar-refractivity contribution >= 4 is 11.8 Å². The summed E-state index contributed by atoms with van der Waals surface area (Å²) < 4.78 is 160. The van der Waals surface area contributed by atoms with E-state index < -0.39 is 54.9 Å². The van der Waals surface area contributed by atoms with Crippen LogP contribution in [0.4, 0.5) is 64.5 Å². The molecule has 0 unspecified atom stereocenters. The number of anilines is 2. The van der Waals surface area contributed by atoms with Crippen molar-refractivity contribution in [3.05, 3.63) is 23.9 Å². The fourth-order valence-corrected chi connectivity index (χ4v) is 2.08. The van der Waals surface area contributed by atoms with Crippen molar-refractivity contribution < 1.29 is 62.2 Å². The van der Waals surface area contributed by atoms with Gasteiger partial charge in [-0.1, -0.05) is 6.07 Å². The zero-order valence-electron chi connectivity index (χ0n) is 16.0. The number of hydrogen-bond donors (Lipinski definition) is 1. The molecule has 0 atom stereocenters. The lowest BCUT2D eigenvalue weighted by molar-refractivity contribution is -0.302. The van der Waals surface area contributed by atoms with Gasteiger partial charge in [-0.05, 0) is 19.1 Å². The molecule has 1 N–H and O–H groups in total. The number of nitrogens with one attached hydrogen (secondary N) is 1. The molecule has 0 aliphatic rings. The molecule has 0 amide bonds. The number of pyridine rings is 1. The number of alkyl halides is 12. The summed E-state index contributed by atoms with van der Waals surface area (Å²) in [6.07, 6.45) is -33.6. The lowest BCUT2D eigenvalue weighted by Crippen LogP contribution is -2.47. The summed E-state index contributed by atoms with van der Waals surface area (Å²) in [6, 6.07) is 0.0509. The number of hydrogen-bond acceptors (Lipinski definition) is 7. The van der Waals surface area contributed by atoms with Crippen molar-refractivity contribution in [2.45, 2.75) is 43.8 Å². The molecule has 0 aliphatic heterocycles. The van der Waals surface area contributed by atoms with Crippen LogP contribution in [0.15, 0.2) is 18.2 Å². The molecule has 190 valence electrons. The van der Waals surface area contributed by atoms with E-state index in [0.717, 1.165) is 6.07 Å². The first kappa shape index (κ1) is 27.0. The van der Waals surface area contributed by atoms with E-state index in [1.54, 1.807) is 0 Å². The largest absolute Gasteiger partial charge is 0.440 e. The summed E-state index contributed by atoms with van der Waals surface area (Å²) in [6.45, 7) is 1.44. The van der Waals surface area contributed by atoms with E-state index in [1.165, 1.54) is 19.1 Å². The second kappa shape index (κ2) is 9.16. The molecular formula is C15H9F12N5O2. The monoisotopic (exact) mass is 519 g/mol. The van der Waals surface area contributed by atoms with E-state index in [0.29, 0.717) is 5.69 Å². The number of aromatic nitrogens is 4. The standard InChI is InChI=1S/C15H9F12N5O2/c1-5-3-2-4-6(28-5)29-9-30-10(33-7(12(16,17)18)13(19,20)21)32-11(31-9)34-8(14(22,23)24)15(25,26)27/h2-4,7-8H,1H3,(H,28,29,30,31,32). The molecule has 2 aromatic rings. The normalized spacial score (nSPS) is 13.4. The molecule has 0 saturated heterocycles. The Labute approximate surface area is 180 Å². The van der Waals surface area contributed by atoms with Gasteiger partial charge in [-0.25, -0.2) is 4.98 Å². The molecule has 0 aliphatic carbocycles. The highest BCUT2D eigenvalue weighted by Crippen LogP contribution is 2.38. The zero-order chi connectivity index (χ0) is 26.1. The van der Waals surface area contributed by atoms with Gasteiger partial charge in [0, 0.05) is 5.69 Å². The van der Waals surface area contributed by atoms with Crippen LogP contribution in [0, 0.1) is 6.92 Å². The third-order valence-electron chi connectivity index (χ3n) is 3.36. The SMILES string of the molecule is Cc1cccc(Nc2nc(OC(C(F)(F)F)C(F)(F)F)nc(OC(C(F)(F)F)C(F)(F)F)n2)n1. The molecular weight excluding hydrogens is 510 g/mol. The molecule has 34 heavy (non-hydrogen) atoms. The number of halogens is 12. The summed E-state index contributed by atoms with van der Waals surface area (Å²) in [5.74, 6) is -1.38. The van der Waals surface area contributed by atoms with E-state index in [4.69, 9.17) is 0 Å². The molecule has 0 bridgehead atoms. The highest BCUT2D eigenvalue weighted by Gasteiger charge is 2.61. The molecule has 2 heterocycles. The van der Waals surface area contributed by atoms with Crippen molar-refractivity contribution in [1.29, 1.82) is 0 Å². The van der Waals surface area contributed by atoms with E-state index in [2.05, 4.69) is 34.7 Å². The first-order chi connectivity index (χ1) is 15.3. The van der Waals surface area contributed by atoms with Gasteiger partial charge in [0.1, 0.15) is 5.82 Å². The summed E-state index contributed by atoms with van der Waals surface area (Å²) >= 11 is 0. The highest BCUT2D eigenvalue weighted by atomic mass is 19.4. The molecule has 2 rings (SSSR count). The first-order valence-electron chi connectivity index (χ1n) is 8.34. The highest BCUT2D eigenvalue weighted by molar-refractivity contribution is 5.48. The van der Waals surface area contributed by atoms with Gasteiger partial charge in [-0.15, -0.1) is 4.98 Å². The van der Waals surface area contributed by atoms with Gasteiger partial charge in [0.15, 0.2) is 0 Å². The van der Waals surface area contributed by atoms with Gasteiger partial charge < -0.3 is 14.8 Å². The number of rotatable bonds is 6.